The van der Waals surface area contributed by atoms with Gasteiger partial charge in [0, 0.05) is 17.1 Å². The summed E-state index contributed by atoms with van der Waals surface area (Å²) >= 11 is 6.45. The molecular formula is C23H31ClN2O4S. The van der Waals surface area contributed by atoms with Crippen LogP contribution >= 0.6 is 11.6 Å². The number of halogens is 1. The van der Waals surface area contributed by atoms with Crippen molar-refractivity contribution in [2.45, 2.75) is 67.9 Å². The van der Waals surface area contributed by atoms with Crippen LogP contribution in [0.1, 0.15) is 80.2 Å². The molecule has 0 fully saturated rings. The quantitative estimate of drug-likeness (QED) is 0.348. The van der Waals surface area contributed by atoms with Gasteiger partial charge in [-0.1, -0.05) is 30.5 Å². The Labute approximate surface area is 190 Å². The number of hydrogen-bond donors (Lipinski definition) is 0. The van der Waals surface area contributed by atoms with Gasteiger partial charge in [0.15, 0.2) is 0 Å². The Hall–Kier alpha value is -2.12. The topological polar surface area (TPSA) is 78.3 Å². The van der Waals surface area contributed by atoms with Crippen LogP contribution in [0.3, 0.4) is 0 Å². The number of ketones is 1. The summed E-state index contributed by atoms with van der Waals surface area (Å²) in [6.07, 6.45) is 1.67. The summed E-state index contributed by atoms with van der Waals surface area (Å²) in [5.41, 5.74) is 4.68. The fourth-order valence-electron chi connectivity index (χ4n) is 3.31. The highest BCUT2D eigenvalue weighted by molar-refractivity contribution is 7.87. The third-order valence-electron chi connectivity index (χ3n) is 5.37. The zero-order chi connectivity index (χ0) is 23.5. The lowest BCUT2D eigenvalue weighted by molar-refractivity contribution is 0.103. The summed E-state index contributed by atoms with van der Waals surface area (Å²) in [4.78, 5) is 13.6. The van der Waals surface area contributed by atoms with Crippen LogP contribution in [0.4, 0.5) is 0 Å². The molecule has 0 radical (unpaired) electrons. The van der Waals surface area contributed by atoms with Crippen LogP contribution in [0.5, 0.6) is 5.88 Å². The van der Waals surface area contributed by atoms with Gasteiger partial charge in [-0.2, -0.15) is 13.5 Å². The van der Waals surface area contributed by atoms with E-state index in [1.807, 2.05) is 34.6 Å². The standard InChI is InChI=1S/C23H31ClN2O4S/c1-8-10-13-26-23(30-31(28,29)9-2)21(17(7)25-26)22(27)18-11-12-19(24)20(16(18)6)15(5)14(3)4/h11-12H,8-10,13H2,1-7H3. The lowest BCUT2D eigenvalue weighted by atomic mass is 9.91. The highest BCUT2D eigenvalue weighted by atomic mass is 35.5. The van der Waals surface area contributed by atoms with Crippen LogP contribution < -0.4 is 4.18 Å². The van der Waals surface area contributed by atoms with Gasteiger partial charge in [-0.15, -0.1) is 0 Å². The average Bonchev–Trinajstić information content (AvgIpc) is 3.00. The molecule has 2 rings (SSSR count). The minimum atomic E-state index is -3.84. The number of aryl methyl sites for hydroxylation is 2. The van der Waals surface area contributed by atoms with Crippen molar-refractivity contribution in [1.82, 2.24) is 9.78 Å². The molecule has 0 aliphatic rings. The molecule has 0 unspecified atom stereocenters. The largest absolute Gasteiger partial charge is 0.361 e. The maximum atomic E-state index is 13.6. The van der Waals surface area contributed by atoms with E-state index in [1.165, 1.54) is 11.6 Å². The maximum Gasteiger partial charge on any atom is 0.310 e. The van der Waals surface area contributed by atoms with E-state index >= 15 is 0 Å². The van der Waals surface area contributed by atoms with Crippen molar-refractivity contribution in [3.8, 4) is 5.88 Å². The van der Waals surface area contributed by atoms with Gasteiger partial charge in [-0.05, 0) is 76.8 Å². The van der Waals surface area contributed by atoms with Crippen molar-refractivity contribution in [2.75, 3.05) is 5.75 Å². The molecule has 8 heteroatoms. The van der Waals surface area contributed by atoms with E-state index in [2.05, 4.69) is 5.10 Å². The molecule has 0 atom stereocenters. The van der Waals surface area contributed by atoms with Crippen molar-refractivity contribution in [2.24, 2.45) is 0 Å². The Bertz CT molecular complexity index is 1130. The van der Waals surface area contributed by atoms with Gasteiger partial charge in [-0.3, -0.25) is 4.79 Å². The van der Waals surface area contributed by atoms with E-state index in [1.54, 1.807) is 19.1 Å². The van der Waals surface area contributed by atoms with Crippen LogP contribution in [0.25, 0.3) is 5.57 Å². The molecule has 0 aliphatic carbocycles. The van der Waals surface area contributed by atoms with Crippen LogP contribution in [0.15, 0.2) is 17.7 Å². The van der Waals surface area contributed by atoms with Gasteiger partial charge in [-0.25, -0.2) is 4.68 Å². The molecule has 0 spiro atoms. The predicted octanol–water partition coefficient (Wildman–Crippen LogP) is 5.73. The fraction of sp³-hybridized carbons (Fsp3) is 0.478. The zero-order valence-electron chi connectivity index (χ0n) is 19.3. The summed E-state index contributed by atoms with van der Waals surface area (Å²) in [7, 11) is -3.84. The molecule has 0 aliphatic heterocycles. The van der Waals surface area contributed by atoms with Gasteiger partial charge < -0.3 is 4.18 Å². The molecule has 1 heterocycles. The molecule has 170 valence electrons. The second kappa shape index (κ2) is 10.0. The Kier molecular flexibility index (Phi) is 8.11. The summed E-state index contributed by atoms with van der Waals surface area (Å²) in [6.45, 7) is 13.5. The monoisotopic (exact) mass is 466 g/mol. The number of rotatable bonds is 9. The summed E-state index contributed by atoms with van der Waals surface area (Å²) in [5, 5.41) is 4.98. The number of aromatic nitrogens is 2. The van der Waals surface area contributed by atoms with Gasteiger partial charge in [0.2, 0.25) is 11.7 Å². The number of nitrogens with zero attached hydrogens (tertiary/aromatic N) is 2. The van der Waals surface area contributed by atoms with Crippen LogP contribution in [0, 0.1) is 13.8 Å². The maximum absolute atomic E-state index is 13.6. The van der Waals surface area contributed by atoms with Crippen LogP contribution in [-0.2, 0) is 16.7 Å². The first-order valence-electron chi connectivity index (χ1n) is 10.4. The van der Waals surface area contributed by atoms with E-state index in [0.717, 1.165) is 35.1 Å². The van der Waals surface area contributed by atoms with Crippen LogP contribution in [-0.4, -0.2) is 29.7 Å². The second-order valence-corrected chi connectivity index (χ2v) is 10.1. The van der Waals surface area contributed by atoms with Crippen molar-refractivity contribution in [3.05, 3.63) is 50.7 Å². The molecule has 6 nitrogen and oxygen atoms in total. The molecule has 0 bridgehead atoms. The molecule has 1 aromatic heterocycles. The van der Waals surface area contributed by atoms with Crippen molar-refractivity contribution < 1.29 is 17.4 Å². The summed E-state index contributed by atoms with van der Waals surface area (Å²) < 4.78 is 31.3. The third kappa shape index (κ3) is 5.39. The first-order valence-corrected chi connectivity index (χ1v) is 12.4. The Balaban J connectivity index is 2.72. The van der Waals surface area contributed by atoms with Crippen LogP contribution in [0.2, 0.25) is 5.02 Å². The zero-order valence-corrected chi connectivity index (χ0v) is 20.9. The van der Waals surface area contributed by atoms with E-state index in [0.29, 0.717) is 22.8 Å². The van der Waals surface area contributed by atoms with E-state index < -0.39 is 10.1 Å². The Morgan fingerprint density at radius 2 is 1.77 bits per heavy atom. The lowest BCUT2D eigenvalue weighted by Gasteiger charge is -2.15. The van der Waals surface area contributed by atoms with Gasteiger partial charge >= 0.3 is 10.1 Å². The molecule has 2 aromatic rings. The SMILES string of the molecule is CCCCn1nc(C)c(C(=O)c2ccc(Cl)c(C(C)=C(C)C)c2C)c1OS(=O)(=O)CC. The number of unbranched alkanes of at least 4 members (excludes halogenated alkanes) is 1. The first-order chi connectivity index (χ1) is 14.4. The van der Waals surface area contributed by atoms with Gasteiger partial charge in [0.1, 0.15) is 5.56 Å². The molecule has 0 N–H and O–H groups in total. The number of carbonyl (C=O) groups is 1. The molecule has 1 aromatic carbocycles. The number of benzene rings is 1. The fourth-order valence-corrected chi connectivity index (χ4v) is 4.19. The minimum Gasteiger partial charge on any atom is -0.361 e. The minimum absolute atomic E-state index is 0.0207. The Morgan fingerprint density at radius 3 is 2.32 bits per heavy atom. The molecule has 31 heavy (non-hydrogen) atoms. The smallest absolute Gasteiger partial charge is 0.310 e. The van der Waals surface area contributed by atoms with Crippen molar-refractivity contribution >= 4 is 33.1 Å². The van der Waals surface area contributed by atoms with E-state index in [9.17, 15) is 13.2 Å². The highest BCUT2D eigenvalue weighted by Gasteiger charge is 2.29. The summed E-state index contributed by atoms with van der Waals surface area (Å²) in [6, 6.07) is 3.37. The lowest BCUT2D eigenvalue weighted by Crippen LogP contribution is -2.17. The molecular weight excluding hydrogens is 436 g/mol. The third-order valence-corrected chi connectivity index (χ3v) is 6.81. The predicted molar refractivity (Wildman–Crippen MR) is 126 cm³/mol. The first kappa shape index (κ1) is 25.1. The van der Waals surface area contributed by atoms with Gasteiger partial charge in [0.25, 0.3) is 0 Å². The van der Waals surface area contributed by atoms with Gasteiger partial charge in [0.05, 0.1) is 11.4 Å². The normalized spacial score (nSPS) is 11.5. The Morgan fingerprint density at radius 1 is 1.13 bits per heavy atom. The summed E-state index contributed by atoms with van der Waals surface area (Å²) in [5.74, 6) is -0.561. The van der Waals surface area contributed by atoms with E-state index in [4.69, 9.17) is 15.8 Å². The average molecular weight is 467 g/mol. The van der Waals surface area contributed by atoms with Crippen molar-refractivity contribution in [3.63, 3.8) is 0 Å². The van der Waals surface area contributed by atoms with Crippen molar-refractivity contribution in [1.29, 1.82) is 0 Å². The highest BCUT2D eigenvalue weighted by Crippen LogP contribution is 2.34. The van der Waals surface area contributed by atoms with E-state index in [-0.39, 0.29) is 23.0 Å². The second-order valence-electron chi connectivity index (χ2n) is 7.82. The number of carbonyl (C=O) groups excluding carboxylic acids is 1. The molecule has 0 saturated heterocycles. The number of allylic oxidation sites excluding steroid dienone is 2. The molecule has 0 amide bonds. The number of hydrogen-bond acceptors (Lipinski definition) is 5. The molecule has 0 saturated carbocycles.